The van der Waals surface area contributed by atoms with Crippen molar-refractivity contribution in [2.45, 2.75) is 47.1 Å². The number of hydrogen-bond donors (Lipinski definition) is 0. The van der Waals surface area contributed by atoms with Crippen molar-refractivity contribution < 1.29 is 4.74 Å². The molecule has 1 aromatic rings. The summed E-state index contributed by atoms with van der Waals surface area (Å²) in [6.45, 7) is 12.3. The van der Waals surface area contributed by atoms with Crippen LogP contribution in [-0.2, 0) is 11.3 Å². The van der Waals surface area contributed by atoms with Gasteiger partial charge in [-0.2, -0.15) is 0 Å². The molecular formula is C19H28O. The highest BCUT2D eigenvalue weighted by Gasteiger charge is 2.00. The molecule has 0 amide bonds. The molecule has 0 aliphatic heterocycles. The highest BCUT2D eigenvalue weighted by Crippen LogP contribution is 2.15. The molecule has 0 bridgehead atoms. The molecule has 110 valence electrons. The maximum absolute atomic E-state index is 5.77. The van der Waals surface area contributed by atoms with Gasteiger partial charge in [0.15, 0.2) is 0 Å². The van der Waals surface area contributed by atoms with E-state index in [9.17, 15) is 0 Å². The first kappa shape index (κ1) is 16.7. The maximum atomic E-state index is 5.77. The van der Waals surface area contributed by atoms with Gasteiger partial charge in [-0.15, -0.1) is 0 Å². The van der Waals surface area contributed by atoms with Crippen molar-refractivity contribution >= 4 is 0 Å². The molecule has 0 fully saturated rings. The van der Waals surface area contributed by atoms with Gasteiger partial charge in [0, 0.05) is 0 Å². The summed E-state index contributed by atoms with van der Waals surface area (Å²) in [7, 11) is 0. The summed E-state index contributed by atoms with van der Waals surface area (Å²) in [4.78, 5) is 0. The molecule has 0 aliphatic rings. The molecule has 0 heterocycles. The van der Waals surface area contributed by atoms with E-state index in [2.05, 4.69) is 77.1 Å². The number of allylic oxidation sites excluding steroid dienone is 3. The van der Waals surface area contributed by atoms with Crippen molar-refractivity contribution in [2.75, 3.05) is 6.61 Å². The van der Waals surface area contributed by atoms with Gasteiger partial charge in [-0.05, 0) is 36.8 Å². The van der Waals surface area contributed by atoms with Crippen molar-refractivity contribution in [1.82, 2.24) is 0 Å². The lowest BCUT2D eigenvalue weighted by molar-refractivity contribution is 0.104. The van der Waals surface area contributed by atoms with Crippen LogP contribution in [0.15, 0.2) is 48.1 Å². The first-order valence-electron chi connectivity index (χ1n) is 7.47. The average Bonchev–Trinajstić information content (AvgIpc) is 2.39. The molecule has 0 saturated carbocycles. The second-order valence-corrected chi connectivity index (χ2v) is 6.02. The van der Waals surface area contributed by atoms with Crippen molar-refractivity contribution in [3.63, 3.8) is 0 Å². The van der Waals surface area contributed by atoms with E-state index in [4.69, 9.17) is 4.74 Å². The quantitative estimate of drug-likeness (QED) is 0.597. The van der Waals surface area contributed by atoms with E-state index in [1.165, 1.54) is 16.7 Å². The van der Waals surface area contributed by atoms with Gasteiger partial charge in [-0.3, -0.25) is 0 Å². The minimum absolute atomic E-state index is 0.445. The van der Waals surface area contributed by atoms with Gasteiger partial charge in [0.25, 0.3) is 0 Å². The third kappa shape index (κ3) is 6.72. The van der Waals surface area contributed by atoms with E-state index >= 15 is 0 Å². The normalized spacial score (nSPS) is 12.9. The lowest BCUT2D eigenvalue weighted by Crippen LogP contribution is -2.03. The van der Waals surface area contributed by atoms with Crippen molar-refractivity contribution in [2.24, 2.45) is 5.92 Å². The molecule has 0 N–H and O–H groups in total. The Morgan fingerprint density at radius 3 is 2.30 bits per heavy atom. The summed E-state index contributed by atoms with van der Waals surface area (Å²) in [6, 6.07) is 8.72. The first-order valence-corrected chi connectivity index (χ1v) is 7.47. The summed E-state index contributed by atoms with van der Waals surface area (Å²) < 4.78 is 5.77. The van der Waals surface area contributed by atoms with Crippen molar-refractivity contribution in [1.29, 1.82) is 0 Å². The molecule has 1 unspecified atom stereocenters. The maximum Gasteiger partial charge on any atom is 0.0717 e. The topological polar surface area (TPSA) is 9.23 Å². The predicted octanol–water partition coefficient (Wildman–Crippen LogP) is 5.49. The first-order chi connectivity index (χ1) is 9.49. The van der Waals surface area contributed by atoms with Gasteiger partial charge in [-0.1, -0.05) is 68.8 Å². The Morgan fingerprint density at radius 1 is 1.10 bits per heavy atom. The predicted molar refractivity (Wildman–Crippen MR) is 87.9 cm³/mol. The number of rotatable bonds is 7. The van der Waals surface area contributed by atoms with E-state index < -0.39 is 0 Å². The molecule has 0 aliphatic carbocycles. The summed E-state index contributed by atoms with van der Waals surface area (Å²) in [5.41, 5.74) is 3.95. The van der Waals surface area contributed by atoms with E-state index in [1.807, 2.05) is 0 Å². The third-order valence-corrected chi connectivity index (χ3v) is 3.17. The van der Waals surface area contributed by atoms with E-state index in [-0.39, 0.29) is 0 Å². The minimum atomic E-state index is 0.445. The molecular weight excluding hydrogens is 244 g/mol. The molecule has 0 saturated heterocycles. The van der Waals surface area contributed by atoms with Crippen LogP contribution in [0.25, 0.3) is 0 Å². The van der Waals surface area contributed by atoms with Crippen LogP contribution in [0, 0.1) is 5.92 Å². The lowest BCUT2D eigenvalue weighted by Gasteiger charge is -2.09. The molecule has 1 heteroatoms. The van der Waals surface area contributed by atoms with Crippen LogP contribution in [-0.4, -0.2) is 6.61 Å². The molecule has 0 radical (unpaired) electrons. The Morgan fingerprint density at radius 2 is 1.75 bits per heavy atom. The zero-order chi connectivity index (χ0) is 15.0. The number of hydrogen-bond acceptors (Lipinski definition) is 1. The van der Waals surface area contributed by atoms with Gasteiger partial charge < -0.3 is 4.74 Å². The standard InChI is InChI=1S/C19H28O/c1-15(2)7-6-8-17(5)13-20-14-18-9-11-19(12-10-18)16(3)4/h6-12,16-17H,13-14H2,1-5H3/b8-6-. The zero-order valence-corrected chi connectivity index (χ0v) is 13.5. The summed E-state index contributed by atoms with van der Waals surface area (Å²) in [5, 5.41) is 0. The van der Waals surface area contributed by atoms with Crippen LogP contribution in [0.5, 0.6) is 0 Å². The summed E-state index contributed by atoms with van der Waals surface area (Å²) in [6.07, 6.45) is 6.43. The Bertz CT molecular complexity index is 433. The molecule has 1 atom stereocenters. The second-order valence-electron chi connectivity index (χ2n) is 6.02. The van der Waals surface area contributed by atoms with Gasteiger partial charge in [-0.25, -0.2) is 0 Å². The Balaban J connectivity index is 2.33. The fourth-order valence-electron chi connectivity index (χ4n) is 1.85. The Hall–Kier alpha value is -1.34. The highest BCUT2D eigenvalue weighted by atomic mass is 16.5. The monoisotopic (exact) mass is 272 g/mol. The van der Waals surface area contributed by atoms with Crippen LogP contribution in [0.3, 0.4) is 0 Å². The number of benzene rings is 1. The summed E-state index contributed by atoms with van der Waals surface area (Å²) in [5.74, 6) is 1.03. The molecule has 1 rings (SSSR count). The number of ether oxygens (including phenoxy) is 1. The van der Waals surface area contributed by atoms with Crippen LogP contribution >= 0.6 is 0 Å². The fraction of sp³-hybridized carbons (Fsp3) is 0.474. The molecule has 0 aromatic heterocycles. The van der Waals surface area contributed by atoms with Gasteiger partial charge in [0.1, 0.15) is 0 Å². The van der Waals surface area contributed by atoms with Gasteiger partial charge in [0.05, 0.1) is 13.2 Å². The molecule has 1 nitrogen and oxygen atoms in total. The van der Waals surface area contributed by atoms with E-state index in [0.717, 1.165) is 6.61 Å². The van der Waals surface area contributed by atoms with Crippen LogP contribution < -0.4 is 0 Å². The third-order valence-electron chi connectivity index (χ3n) is 3.17. The van der Waals surface area contributed by atoms with E-state index in [0.29, 0.717) is 18.4 Å². The van der Waals surface area contributed by atoms with Crippen molar-refractivity contribution in [3.05, 3.63) is 59.2 Å². The van der Waals surface area contributed by atoms with E-state index in [1.54, 1.807) is 0 Å². The lowest BCUT2D eigenvalue weighted by atomic mass is 10.0. The smallest absolute Gasteiger partial charge is 0.0717 e. The highest BCUT2D eigenvalue weighted by molar-refractivity contribution is 5.24. The summed E-state index contributed by atoms with van der Waals surface area (Å²) >= 11 is 0. The zero-order valence-electron chi connectivity index (χ0n) is 13.5. The fourth-order valence-corrected chi connectivity index (χ4v) is 1.85. The average molecular weight is 272 g/mol. The molecule has 20 heavy (non-hydrogen) atoms. The Kier molecular flexibility index (Phi) is 7.32. The second kappa shape index (κ2) is 8.76. The molecule has 0 spiro atoms. The van der Waals surface area contributed by atoms with Gasteiger partial charge in [0.2, 0.25) is 0 Å². The molecule has 1 aromatic carbocycles. The van der Waals surface area contributed by atoms with Crippen molar-refractivity contribution in [3.8, 4) is 0 Å². The largest absolute Gasteiger partial charge is 0.376 e. The minimum Gasteiger partial charge on any atom is -0.376 e. The van der Waals surface area contributed by atoms with Gasteiger partial charge >= 0.3 is 0 Å². The van der Waals surface area contributed by atoms with Crippen LogP contribution in [0.2, 0.25) is 0 Å². The Labute approximate surface area is 124 Å². The SMILES string of the molecule is CC(C)=C/C=C\C(C)COCc1ccc(C(C)C)cc1. The van der Waals surface area contributed by atoms with Crippen LogP contribution in [0.1, 0.15) is 51.7 Å². The van der Waals surface area contributed by atoms with Crippen LogP contribution in [0.4, 0.5) is 0 Å².